The van der Waals surface area contributed by atoms with E-state index in [1.807, 2.05) is 30.3 Å². The number of carbonyl (C=O) groups excluding carboxylic acids is 2. The van der Waals surface area contributed by atoms with Crippen LogP contribution in [-0.2, 0) is 9.53 Å². The summed E-state index contributed by atoms with van der Waals surface area (Å²) >= 11 is 0. The van der Waals surface area contributed by atoms with Crippen LogP contribution in [0.3, 0.4) is 0 Å². The second-order valence-electron chi connectivity index (χ2n) is 6.23. The fourth-order valence-corrected chi connectivity index (χ4v) is 2.78. The highest BCUT2D eigenvalue weighted by Gasteiger charge is 2.13. The number of hydrogen-bond donors (Lipinski definition) is 1. The molecular weight excluding hydrogens is 369 g/mol. The van der Waals surface area contributed by atoms with Crippen LogP contribution in [0.2, 0.25) is 0 Å². The number of ether oxygens (including phenoxy) is 1. The molecule has 0 heterocycles. The minimum atomic E-state index is -0.597. The predicted octanol–water partition coefficient (Wildman–Crippen LogP) is 5.32. The Morgan fingerprint density at radius 2 is 1.76 bits per heavy atom. The van der Waals surface area contributed by atoms with Crippen LogP contribution in [0.15, 0.2) is 78.9 Å². The molecule has 5 heteroatoms. The van der Waals surface area contributed by atoms with Gasteiger partial charge in [0, 0.05) is 11.8 Å². The molecule has 0 aromatic heterocycles. The van der Waals surface area contributed by atoms with Crippen LogP contribution < -0.4 is 5.32 Å². The number of carbonyl (C=O) groups is 2. The Kier molecular flexibility index (Phi) is 6.53. The molecular formula is C24H20FNO3. The molecule has 0 aliphatic carbocycles. The average Bonchev–Trinajstić information content (AvgIpc) is 2.74. The summed E-state index contributed by atoms with van der Waals surface area (Å²) in [4.78, 5) is 24.1. The first kappa shape index (κ1) is 20.0. The fourth-order valence-electron chi connectivity index (χ4n) is 2.78. The van der Waals surface area contributed by atoms with Crippen molar-refractivity contribution in [2.45, 2.75) is 6.92 Å². The molecule has 0 bridgehead atoms. The number of nitrogens with one attached hydrogen (secondary N) is 1. The molecule has 0 saturated heterocycles. The standard InChI is InChI=1S/C24H20FNO3/c1-2-29-23(27)14-11-17-7-6-10-20(15-17)26-24(28)21-16-19(12-13-22(21)25)18-8-4-3-5-9-18/h3-16H,2H2,1H3,(H,26,28). The van der Waals surface area contributed by atoms with Gasteiger partial charge in [0.05, 0.1) is 12.2 Å². The number of anilines is 1. The molecule has 4 nitrogen and oxygen atoms in total. The molecule has 3 aromatic carbocycles. The SMILES string of the molecule is CCOC(=O)C=Cc1cccc(NC(=O)c2cc(-c3ccccc3)ccc2F)c1. The quantitative estimate of drug-likeness (QED) is 0.458. The summed E-state index contributed by atoms with van der Waals surface area (Å²) in [6.07, 6.45) is 2.90. The van der Waals surface area contributed by atoms with Crippen molar-refractivity contribution in [3.8, 4) is 11.1 Å². The summed E-state index contributed by atoms with van der Waals surface area (Å²) in [7, 11) is 0. The smallest absolute Gasteiger partial charge is 0.330 e. The second-order valence-corrected chi connectivity index (χ2v) is 6.23. The molecule has 0 aliphatic rings. The molecule has 0 spiro atoms. The molecule has 1 N–H and O–H groups in total. The maximum absolute atomic E-state index is 14.3. The summed E-state index contributed by atoms with van der Waals surface area (Å²) in [5.41, 5.74) is 2.80. The fraction of sp³-hybridized carbons (Fsp3) is 0.0833. The average molecular weight is 389 g/mol. The van der Waals surface area contributed by atoms with Gasteiger partial charge in [-0.2, -0.15) is 0 Å². The van der Waals surface area contributed by atoms with Crippen molar-refractivity contribution >= 4 is 23.6 Å². The van der Waals surface area contributed by atoms with Crippen LogP contribution in [0.25, 0.3) is 17.2 Å². The Hall–Kier alpha value is -3.73. The van der Waals surface area contributed by atoms with Crippen molar-refractivity contribution < 1.29 is 18.7 Å². The highest BCUT2D eigenvalue weighted by atomic mass is 19.1. The van der Waals surface area contributed by atoms with Crippen molar-refractivity contribution in [2.24, 2.45) is 0 Å². The van der Waals surface area contributed by atoms with Gasteiger partial charge in [-0.3, -0.25) is 4.79 Å². The topological polar surface area (TPSA) is 55.4 Å². The molecule has 146 valence electrons. The van der Waals surface area contributed by atoms with Crippen molar-refractivity contribution in [3.05, 3.63) is 95.8 Å². The van der Waals surface area contributed by atoms with Crippen molar-refractivity contribution in [3.63, 3.8) is 0 Å². The van der Waals surface area contributed by atoms with Gasteiger partial charge in [-0.05, 0) is 54.0 Å². The van der Waals surface area contributed by atoms with E-state index in [9.17, 15) is 14.0 Å². The third kappa shape index (κ3) is 5.39. The third-order valence-electron chi connectivity index (χ3n) is 4.16. The normalized spacial score (nSPS) is 10.7. The Labute approximate surface area is 168 Å². The lowest BCUT2D eigenvalue weighted by Crippen LogP contribution is -2.14. The largest absolute Gasteiger partial charge is 0.463 e. The molecule has 0 aliphatic heterocycles. The summed E-state index contributed by atoms with van der Waals surface area (Å²) in [5, 5.41) is 2.70. The zero-order valence-electron chi connectivity index (χ0n) is 15.9. The van der Waals surface area contributed by atoms with Crippen molar-refractivity contribution in [1.82, 2.24) is 0 Å². The summed E-state index contributed by atoms with van der Waals surface area (Å²) in [6, 6.07) is 20.8. The van der Waals surface area contributed by atoms with Gasteiger partial charge in [0.15, 0.2) is 0 Å². The van der Waals surface area contributed by atoms with E-state index >= 15 is 0 Å². The summed E-state index contributed by atoms with van der Waals surface area (Å²) < 4.78 is 19.1. The molecule has 0 atom stereocenters. The number of benzene rings is 3. The summed E-state index contributed by atoms with van der Waals surface area (Å²) in [6.45, 7) is 2.03. The van der Waals surface area contributed by atoms with Gasteiger partial charge in [0.25, 0.3) is 5.91 Å². The molecule has 0 fully saturated rings. The Balaban J connectivity index is 1.78. The zero-order chi connectivity index (χ0) is 20.6. The van der Waals surface area contributed by atoms with Crippen LogP contribution in [0.1, 0.15) is 22.8 Å². The van der Waals surface area contributed by atoms with E-state index in [4.69, 9.17) is 4.74 Å². The number of esters is 1. The lowest BCUT2D eigenvalue weighted by Gasteiger charge is -2.09. The zero-order valence-corrected chi connectivity index (χ0v) is 15.9. The van der Waals surface area contributed by atoms with E-state index in [1.54, 1.807) is 43.3 Å². The Bertz CT molecular complexity index is 1050. The van der Waals surface area contributed by atoms with Crippen LogP contribution in [0.4, 0.5) is 10.1 Å². The number of amides is 1. The van der Waals surface area contributed by atoms with E-state index in [-0.39, 0.29) is 5.56 Å². The second kappa shape index (κ2) is 9.46. The highest BCUT2D eigenvalue weighted by molar-refractivity contribution is 6.05. The molecule has 3 aromatic rings. The van der Waals surface area contributed by atoms with Crippen LogP contribution in [0.5, 0.6) is 0 Å². The lowest BCUT2D eigenvalue weighted by atomic mass is 10.0. The van der Waals surface area contributed by atoms with Gasteiger partial charge in [0.1, 0.15) is 5.82 Å². The molecule has 0 unspecified atom stereocenters. The van der Waals surface area contributed by atoms with E-state index in [1.165, 1.54) is 18.2 Å². The van der Waals surface area contributed by atoms with Crippen LogP contribution in [-0.4, -0.2) is 18.5 Å². The number of halogens is 1. The first-order valence-corrected chi connectivity index (χ1v) is 9.18. The third-order valence-corrected chi connectivity index (χ3v) is 4.16. The van der Waals surface area contributed by atoms with E-state index in [0.29, 0.717) is 17.9 Å². The maximum Gasteiger partial charge on any atom is 0.330 e. The van der Waals surface area contributed by atoms with E-state index in [0.717, 1.165) is 11.1 Å². The number of hydrogen-bond acceptors (Lipinski definition) is 3. The van der Waals surface area contributed by atoms with Gasteiger partial charge in [-0.25, -0.2) is 9.18 Å². The van der Waals surface area contributed by atoms with Gasteiger partial charge in [-0.15, -0.1) is 0 Å². The van der Waals surface area contributed by atoms with E-state index < -0.39 is 17.7 Å². The van der Waals surface area contributed by atoms with Gasteiger partial charge in [0.2, 0.25) is 0 Å². The van der Waals surface area contributed by atoms with Crippen molar-refractivity contribution in [1.29, 1.82) is 0 Å². The minimum absolute atomic E-state index is 0.0428. The number of rotatable bonds is 6. The van der Waals surface area contributed by atoms with Crippen molar-refractivity contribution in [2.75, 3.05) is 11.9 Å². The molecule has 0 radical (unpaired) electrons. The highest BCUT2D eigenvalue weighted by Crippen LogP contribution is 2.23. The Morgan fingerprint density at radius 3 is 2.52 bits per heavy atom. The Morgan fingerprint density at radius 1 is 0.966 bits per heavy atom. The molecule has 3 rings (SSSR count). The lowest BCUT2D eigenvalue weighted by molar-refractivity contribution is -0.137. The first-order chi connectivity index (χ1) is 14.1. The molecule has 1 amide bonds. The first-order valence-electron chi connectivity index (χ1n) is 9.18. The monoisotopic (exact) mass is 389 g/mol. The van der Waals surface area contributed by atoms with Crippen LogP contribution in [0, 0.1) is 5.82 Å². The van der Waals surface area contributed by atoms with Gasteiger partial charge >= 0.3 is 5.97 Å². The molecule has 0 saturated carbocycles. The van der Waals surface area contributed by atoms with Gasteiger partial charge < -0.3 is 10.1 Å². The summed E-state index contributed by atoms with van der Waals surface area (Å²) in [5.74, 6) is -1.59. The minimum Gasteiger partial charge on any atom is -0.463 e. The maximum atomic E-state index is 14.3. The predicted molar refractivity (Wildman–Crippen MR) is 112 cm³/mol. The van der Waals surface area contributed by atoms with E-state index in [2.05, 4.69) is 5.32 Å². The van der Waals surface area contributed by atoms with Crippen LogP contribution >= 0.6 is 0 Å². The van der Waals surface area contributed by atoms with Gasteiger partial charge in [-0.1, -0.05) is 48.5 Å². The molecule has 29 heavy (non-hydrogen) atoms.